The third-order valence-electron chi connectivity index (χ3n) is 8.21. The minimum Gasteiger partial charge on any atom is -0.465 e. The number of aromatic nitrogens is 3. The van der Waals surface area contributed by atoms with Gasteiger partial charge in [0.05, 0.1) is 28.8 Å². The van der Waals surface area contributed by atoms with Crippen LogP contribution in [-0.2, 0) is 25.5 Å². The van der Waals surface area contributed by atoms with E-state index in [1.807, 2.05) is 0 Å². The summed E-state index contributed by atoms with van der Waals surface area (Å²) in [5.74, 6) is -0.0152. The highest BCUT2D eigenvalue weighted by Crippen LogP contribution is 2.39. The lowest BCUT2D eigenvalue weighted by Crippen LogP contribution is -2.51. The van der Waals surface area contributed by atoms with Crippen molar-refractivity contribution < 1.29 is 45.8 Å². The third-order valence-corrected chi connectivity index (χ3v) is 9.35. The predicted molar refractivity (Wildman–Crippen MR) is 165 cm³/mol. The molecular formula is C30H35F3N6O7S. The van der Waals surface area contributed by atoms with E-state index in [1.165, 1.54) is 35.4 Å². The van der Waals surface area contributed by atoms with Gasteiger partial charge in [-0.15, -0.1) is 0 Å². The van der Waals surface area contributed by atoms with Crippen LogP contribution in [0.15, 0.2) is 48.1 Å². The van der Waals surface area contributed by atoms with Gasteiger partial charge in [0.15, 0.2) is 9.84 Å². The number of likely N-dealkylation sites (tertiary alicyclic amines) is 2. The number of piperidine rings is 2. The number of hydrogen-bond acceptors (Lipinski definition) is 9. The van der Waals surface area contributed by atoms with Crippen molar-refractivity contribution in [1.29, 1.82) is 0 Å². The molecule has 0 saturated carbocycles. The molecule has 1 aromatic carbocycles. The maximum Gasteiger partial charge on any atom is 0.419 e. The van der Waals surface area contributed by atoms with Gasteiger partial charge in [0.25, 0.3) is 0 Å². The van der Waals surface area contributed by atoms with Gasteiger partial charge in [-0.1, -0.05) is 24.8 Å². The van der Waals surface area contributed by atoms with Gasteiger partial charge in [-0.05, 0) is 31.2 Å². The van der Waals surface area contributed by atoms with Gasteiger partial charge in [-0.2, -0.15) is 13.2 Å². The zero-order chi connectivity index (χ0) is 33.9. The number of rotatable bonds is 9. The van der Waals surface area contributed by atoms with E-state index in [1.54, 1.807) is 4.90 Å². The maximum absolute atomic E-state index is 14.1. The summed E-state index contributed by atoms with van der Waals surface area (Å²) >= 11 is 0. The molecule has 3 N–H and O–H groups in total. The van der Waals surface area contributed by atoms with Crippen LogP contribution in [0, 0.1) is 5.92 Å². The molecule has 47 heavy (non-hydrogen) atoms. The lowest BCUT2D eigenvalue weighted by atomic mass is 9.97. The highest BCUT2D eigenvalue weighted by atomic mass is 32.2. The van der Waals surface area contributed by atoms with Gasteiger partial charge < -0.3 is 34.7 Å². The Kier molecular flexibility index (Phi) is 9.95. The average molecular weight is 681 g/mol. The fourth-order valence-corrected chi connectivity index (χ4v) is 6.75. The van der Waals surface area contributed by atoms with Crippen molar-refractivity contribution in [2.45, 2.75) is 42.5 Å². The molecule has 4 heterocycles. The third kappa shape index (κ3) is 7.96. The quantitative estimate of drug-likeness (QED) is 0.271. The van der Waals surface area contributed by atoms with Crippen molar-refractivity contribution in [3.8, 4) is 11.3 Å². The second-order valence-electron chi connectivity index (χ2n) is 11.6. The van der Waals surface area contributed by atoms with Crippen molar-refractivity contribution in [3.63, 3.8) is 0 Å². The monoisotopic (exact) mass is 680 g/mol. The molecule has 0 radical (unpaired) electrons. The zero-order valence-electron chi connectivity index (χ0n) is 25.5. The van der Waals surface area contributed by atoms with Crippen LogP contribution in [0.3, 0.4) is 0 Å². The summed E-state index contributed by atoms with van der Waals surface area (Å²) in [6, 6.07) is 3.71. The summed E-state index contributed by atoms with van der Waals surface area (Å²) in [7, 11) is -3.69. The summed E-state index contributed by atoms with van der Waals surface area (Å²) in [4.78, 5) is 37.6. The Morgan fingerprint density at radius 3 is 2.62 bits per heavy atom. The van der Waals surface area contributed by atoms with Gasteiger partial charge in [0, 0.05) is 61.9 Å². The first-order valence-corrected chi connectivity index (χ1v) is 16.8. The summed E-state index contributed by atoms with van der Waals surface area (Å²) in [5.41, 5.74) is -1.41. The fraction of sp³-hybridized carbons (Fsp3) is 0.467. The van der Waals surface area contributed by atoms with Crippen LogP contribution >= 0.6 is 0 Å². The molecule has 2 atom stereocenters. The van der Waals surface area contributed by atoms with Gasteiger partial charge in [-0.25, -0.2) is 28.0 Å². The number of anilines is 1. The lowest BCUT2D eigenvalue weighted by Gasteiger charge is -2.37. The van der Waals surface area contributed by atoms with E-state index in [2.05, 4.69) is 26.8 Å². The fourth-order valence-electron chi connectivity index (χ4n) is 5.89. The SMILES string of the molecule is C=CCOC(=O)N1CCC(CO[C@H]2CC(Nc3ncc(C(F)(F)F)c(-c4c[nH]c5c(S(C)(=O)=O)cccc45)n3)CN(C(=O)O)C2)CC1. The Hall–Kier alpha value is -4.38. The summed E-state index contributed by atoms with van der Waals surface area (Å²) < 4.78 is 78.1. The standard InChI is InChI=1S/C30H35F3N6O7S/c1-3-11-45-29(42)38-9-7-18(8-10-38)17-46-20-12-19(15-39(16-20)28(40)41)36-27-35-14-23(30(31,32)33)25(37-27)22-13-34-26-21(22)5-4-6-24(26)47(2,43)44/h3-6,13-14,18-20,34H,1,7-12,15-17H2,2H3,(H,40,41)(H,35,36,37)/t19?,20-/m0/s1. The Morgan fingerprint density at radius 1 is 1.21 bits per heavy atom. The number of fused-ring (bicyclic) bond motifs is 1. The predicted octanol–water partition coefficient (Wildman–Crippen LogP) is 4.63. The number of amides is 2. The number of hydrogen-bond donors (Lipinski definition) is 3. The minimum atomic E-state index is -4.82. The number of aromatic amines is 1. The molecule has 0 spiro atoms. The first-order chi connectivity index (χ1) is 22.2. The van der Waals surface area contributed by atoms with Crippen LogP contribution in [0.1, 0.15) is 24.8 Å². The zero-order valence-corrected chi connectivity index (χ0v) is 26.3. The summed E-state index contributed by atoms with van der Waals surface area (Å²) in [5, 5.41) is 13.0. The molecule has 1 unspecified atom stereocenters. The first-order valence-electron chi connectivity index (χ1n) is 14.9. The molecule has 2 amide bonds. The van der Waals surface area contributed by atoms with Crippen LogP contribution in [0.5, 0.6) is 0 Å². The number of nitrogens with one attached hydrogen (secondary N) is 2. The normalized spacial score (nSPS) is 19.5. The Morgan fingerprint density at radius 2 is 1.96 bits per heavy atom. The second-order valence-corrected chi connectivity index (χ2v) is 13.6. The number of carbonyl (C=O) groups is 2. The molecule has 2 aliphatic heterocycles. The number of alkyl halides is 3. The Labute approximate surface area is 268 Å². The summed E-state index contributed by atoms with van der Waals surface area (Å²) in [6.45, 7) is 5.13. The summed E-state index contributed by atoms with van der Waals surface area (Å²) in [6.07, 6.45) is -0.792. The number of carbonyl (C=O) groups excluding carboxylic acids is 1. The Balaban J connectivity index is 1.32. The molecule has 0 bridgehead atoms. The van der Waals surface area contributed by atoms with E-state index >= 15 is 0 Å². The molecule has 2 aromatic heterocycles. The van der Waals surface area contributed by atoms with E-state index < -0.39 is 51.6 Å². The highest BCUT2D eigenvalue weighted by molar-refractivity contribution is 7.91. The van der Waals surface area contributed by atoms with Gasteiger partial charge in [0.1, 0.15) is 12.2 Å². The van der Waals surface area contributed by atoms with Crippen molar-refractivity contribution in [3.05, 3.63) is 48.8 Å². The van der Waals surface area contributed by atoms with E-state index in [4.69, 9.17) is 9.47 Å². The Bertz CT molecular complexity index is 1740. The van der Waals surface area contributed by atoms with E-state index in [-0.39, 0.29) is 52.9 Å². The minimum absolute atomic E-state index is 0.0188. The number of carboxylic acid groups (broad SMARTS) is 1. The van der Waals surface area contributed by atoms with E-state index in [0.29, 0.717) is 45.2 Å². The average Bonchev–Trinajstić information content (AvgIpc) is 3.46. The maximum atomic E-state index is 14.1. The van der Waals surface area contributed by atoms with Crippen molar-refractivity contribution >= 4 is 38.9 Å². The molecule has 2 fully saturated rings. The molecular weight excluding hydrogens is 645 g/mol. The molecule has 13 nitrogen and oxygen atoms in total. The van der Waals surface area contributed by atoms with Crippen LogP contribution < -0.4 is 5.32 Å². The van der Waals surface area contributed by atoms with Gasteiger partial charge in [0.2, 0.25) is 5.95 Å². The van der Waals surface area contributed by atoms with Crippen LogP contribution in [0.4, 0.5) is 28.7 Å². The largest absolute Gasteiger partial charge is 0.465 e. The number of H-pyrrole nitrogens is 1. The van der Waals surface area contributed by atoms with Crippen LogP contribution in [-0.4, -0.2) is 108 Å². The molecule has 254 valence electrons. The molecule has 3 aromatic rings. The molecule has 0 aliphatic carbocycles. The first kappa shape index (κ1) is 34.0. The topological polar surface area (TPSA) is 167 Å². The molecule has 2 saturated heterocycles. The molecule has 5 rings (SSSR count). The van der Waals surface area contributed by atoms with Gasteiger partial charge in [-0.3, -0.25) is 0 Å². The van der Waals surface area contributed by atoms with E-state index in [9.17, 15) is 36.3 Å². The van der Waals surface area contributed by atoms with Crippen molar-refractivity contribution in [1.82, 2.24) is 24.8 Å². The van der Waals surface area contributed by atoms with Crippen LogP contribution in [0.2, 0.25) is 0 Å². The number of halogens is 3. The van der Waals surface area contributed by atoms with E-state index in [0.717, 1.165) is 6.26 Å². The number of benzene rings is 1. The van der Waals surface area contributed by atoms with Crippen molar-refractivity contribution in [2.75, 3.05) is 51.0 Å². The number of nitrogens with zero attached hydrogens (tertiary/aromatic N) is 4. The second kappa shape index (κ2) is 13.8. The van der Waals surface area contributed by atoms with Crippen LogP contribution in [0.25, 0.3) is 22.2 Å². The number of para-hydroxylation sites is 1. The number of ether oxygens (including phenoxy) is 2. The smallest absolute Gasteiger partial charge is 0.419 e. The lowest BCUT2D eigenvalue weighted by molar-refractivity contribution is -0.137. The highest BCUT2D eigenvalue weighted by Gasteiger charge is 2.37. The molecule has 2 aliphatic rings. The molecule has 17 heteroatoms. The van der Waals surface area contributed by atoms with Gasteiger partial charge >= 0.3 is 18.4 Å². The number of sulfone groups is 1. The van der Waals surface area contributed by atoms with Crippen molar-refractivity contribution in [2.24, 2.45) is 5.92 Å².